The predicted octanol–water partition coefficient (Wildman–Crippen LogP) is 5.05. The van der Waals surface area contributed by atoms with Crippen LogP contribution in [0.25, 0.3) is 0 Å². The van der Waals surface area contributed by atoms with Gasteiger partial charge in [-0.15, -0.1) is 0 Å². The first kappa shape index (κ1) is 18.4. The van der Waals surface area contributed by atoms with E-state index in [1.54, 1.807) is 42.5 Å². The molecule has 0 radical (unpaired) electrons. The number of aryl methyl sites for hydroxylation is 3. The van der Waals surface area contributed by atoms with E-state index < -0.39 is 11.9 Å². The molecule has 3 aromatic carbocycles. The van der Waals surface area contributed by atoms with Gasteiger partial charge < -0.3 is 9.47 Å². The Hall–Kier alpha value is -3.40. The Labute approximate surface area is 158 Å². The fourth-order valence-corrected chi connectivity index (χ4v) is 2.48. The van der Waals surface area contributed by atoms with Crippen molar-refractivity contribution < 1.29 is 19.1 Å². The van der Waals surface area contributed by atoms with Crippen molar-refractivity contribution >= 4 is 11.9 Å². The van der Waals surface area contributed by atoms with Gasteiger partial charge in [0.05, 0.1) is 11.1 Å². The van der Waals surface area contributed by atoms with Crippen molar-refractivity contribution in [1.29, 1.82) is 0 Å². The van der Waals surface area contributed by atoms with E-state index in [1.165, 1.54) is 0 Å². The molecule has 0 atom stereocenters. The van der Waals surface area contributed by atoms with Crippen molar-refractivity contribution in [3.8, 4) is 11.5 Å². The molecule has 0 heterocycles. The van der Waals surface area contributed by atoms with Crippen LogP contribution in [-0.4, -0.2) is 11.9 Å². The van der Waals surface area contributed by atoms with Gasteiger partial charge >= 0.3 is 11.9 Å². The number of esters is 2. The molecule has 0 aromatic heterocycles. The first-order valence-electron chi connectivity index (χ1n) is 8.61. The fourth-order valence-electron chi connectivity index (χ4n) is 2.48. The summed E-state index contributed by atoms with van der Waals surface area (Å²) < 4.78 is 11.0. The third-order valence-electron chi connectivity index (χ3n) is 4.08. The average molecular weight is 360 g/mol. The minimum atomic E-state index is -0.508. The second-order valence-corrected chi connectivity index (χ2v) is 6.46. The summed E-state index contributed by atoms with van der Waals surface area (Å²) in [6.45, 7) is 5.75. The number of ether oxygens (including phenoxy) is 2. The van der Waals surface area contributed by atoms with Crippen LogP contribution in [0, 0.1) is 20.8 Å². The maximum Gasteiger partial charge on any atom is 0.343 e. The minimum Gasteiger partial charge on any atom is -0.419 e. The van der Waals surface area contributed by atoms with E-state index in [9.17, 15) is 9.59 Å². The molecule has 0 unspecified atom stereocenters. The van der Waals surface area contributed by atoms with Crippen LogP contribution in [0.5, 0.6) is 11.5 Å². The van der Waals surface area contributed by atoms with Crippen LogP contribution in [0.15, 0.2) is 66.7 Å². The molecule has 3 rings (SSSR count). The molecule has 0 bridgehead atoms. The summed E-state index contributed by atoms with van der Waals surface area (Å²) in [7, 11) is 0. The number of rotatable bonds is 4. The Kier molecular flexibility index (Phi) is 5.36. The molecule has 27 heavy (non-hydrogen) atoms. The van der Waals surface area contributed by atoms with Crippen LogP contribution in [-0.2, 0) is 0 Å². The molecule has 4 heteroatoms. The average Bonchev–Trinajstić information content (AvgIpc) is 2.65. The van der Waals surface area contributed by atoms with Crippen molar-refractivity contribution in [2.75, 3.05) is 0 Å². The van der Waals surface area contributed by atoms with Gasteiger partial charge in [-0.05, 0) is 62.7 Å². The van der Waals surface area contributed by atoms with Crippen LogP contribution in [0.4, 0.5) is 0 Å². The van der Waals surface area contributed by atoms with Crippen LogP contribution in [0.1, 0.15) is 37.4 Å². The van der Waals surface area contributed by atoms with Gasteiger partial charge in [0.15, 0.2) is 11.5 Å². The van der Waals surface area contributed by atoms with Gasteiger partial charge in [0.1, 0.15) is 0 Å². The zero-order valence-electron chi connectivity index (χ0n) is 15.5. The van der Waals surface area contributed by atoms with Crippen LogP contribution >= 0.6 is 0 Å². The first-order valence-corrected chi connectivity index (χ1v) is 8.61. The van der Waals surface area contributed by atoms with Crippen LogP contribution in [0.2, 0.25) is 0 Å². The standard InChI is InChI=1S/C23H20O4/c1-15-4-9-18(10-5-15)22(24)26-20-13-8-17(3)14-21(20)27-23(25)19-11-6-16(2)7-12-19/h4-14H,1-3H3. The second-order valence-electron chi connectivity index (χ2n) is 6.46. The van der Waals surface area contributed by atoms with Gasteiger partial charge in [-0.3, -0.25) is 0 Å². The second kappa shape index (κ2) is 7.87. The first-order chi connectivity index (χ1) is 12.9. The van der Waals surface area contributed by atoms with E-state index in [1.807, 2.05) is 45.0 Å². The summed E-state index contributed by atoms with van der Waals surface area (Å²) in [5.74, 6) is -0.604. The van der Waals surface area contributed by atoms with Crippen molar-refractivity contribution in [3.63, 3.8) is 0 Å². The summed E-state index contributed by atoms with van der Waals surface area (Å²) in [6.07, 6.45) is 0. The van der Waals surface area contributed by atoms with E-state index >= 15 is 0 Å². The minimum absolute atomic E-state index is 0.201. The normalized spacial score (nSPS) is 10.3. The molecule has 0 aliphatic heterocycles. The Bertz CT molecular complexity index is 970. The fraction of sp³-hybridized carbons (Fsp3) is 0.130. The molecule has 4 nitrogen and oxygen atoms in total. The van der Waals surface area contributed by atoms with E-state index in [0.717, 1.165) is 16.7 Å². The predicted molar refractivity (Wildman–Crippen MR) is 103 cm³/mol. The Morgan fingerprint density at radius 1 is 0.556 bits per heavy atom. The van der Waals surface area contributed by atoms with Gasteiger partial charge in [-0.25, -0.2) is 9.59 Å². The monoisotopic (exact) mass is 360 g/mol. The zero-order chi connectivity index (χ0) is 19.4. The molecule has 0 saturated carbocycles. The van der Waals surface area contributed by atoms with Crippen LogP contribution < -0.4 is 9.47 Å². The lowest BCUT2D eigenvalue weighted by Crippen LogP contribution is -2.12. The maximum absolute atomic E-state index is 12.4. The SMILES string of the molecule is Cc1ccc(C(=O)Oc2ccc(C)cc2OC(=O)c2ccc(C)cc2)cc1. The molecular formula is C23H20O4. The highest BCUT2D eigenvalue weighted by Gasteiger charge is 2.16. The summed E-state index contributed by atoms with van der Waals surface area (Å²) in [5, 5.41) is 0. The number of benzene rings is 3. The smallest absolute Gasteiger partial charge is 0.343 e. The lowest BCUT2D eigenvalue weighted by Gasteiger charge is -2.12. The Morgan fingerprint density at radius 3 is 1.44 bits per heavy atom. The molecule has 0 amide bonds. The summed E-state index contributed by atoms with van der Waals surface area (Å²) in [4.78, 5) is 24.8. The lowest BCUT2D eigenvalue weighted by molar-refractivity contribution is 0.0682. The molecule has 0 aliphatic rings. The molecule has 0 aliphatic carbocycles. The quantitative estimate of drug-likeness (QED) is 0.482. The van der Waals surface area contributed by atoms with E-state index in [-0.39, 0.29) is 11.5 Å². The van der Waals surface area contributed by atoms with Gasteiger partial charge in [0, 0.05) is 0 Å². The van der Waals surface area contributed by atoms with E-state index in [4.69, 9.17) is 9.47 Å². The third-order valence-corrected chi connectivity index (χ3v) is 4.08. The molecule has 136 valence electrons. The molecule has 0 saturated heterocycles. The number of hydrogen-bond acceptors (Lipinski definition) is 4. The third kappa shape index (κ3) is 4.61. The van der Waals surface area contributed by atoms with E-state index in [0.29, 0.717) is 11.1 Å². The molecular weight excluding hydrogens is 340 g/mol. The van der Waals surface area contributed by atoms with Crippen molar-refractivity contribution in [2.45, 2.75) is 20.8 Å². The topological polar surface area (TPSA) is 52.6 Å². The van der Waals surface area contributed by atoms with Gasteiger partial charge in [-0.2, -0.15) is 0 Å². The van der Waals surface area contributed by atoms with Crippen molar-refractivity contribution in [1.82, 2.24) is 0 Å². The van der Waals surface area contributed by atoms with Gasteiger partial charge in [0.25, 0.3) is 0 Å². The van der Waals surface area contributed by atoms with Gasteiger partial charge in [-0.1, -0.05) is 41.5 Å². The van der Waals surface area contributed by atoms with Crippen molar-refractivity contribution in [2.24, 2.45) is 0 Å². The van der Waals surface area contributed by atoms with Crippen LogP contribution in [0.3, 0.4) is 0 Å². The lowest BCUT2D eigenvalue weighted by atomic mass is 10.1. The van der Waals surface area contributed by atoms with E-state index in [2.05, 4.69) is 0 Å². The number of carbonyl (C=O) groups excluding carboxylic acids is 2. The summed E-state index contributed by atoms with van der Waals surface area (Å²) in [5.41, 5.74) is 3.84. The Balaban J connectivity index is 1.82. The van der Waals surface area contributed by atoms with Gasteiger partial charge in [0.2, 0.25) is 0 Å². The molecule has 0 N–H and O–H groups in total. The highest BCUT2D eigenvalue weighted by Crippen LogP contribution is 2.30. The van der Waals surface area contributed by atoms with Crippen molar-refractivity contribution in [3.05, 3.63) is 94.5 Å². The highest BCUT2D eigenvalue weighted by atomic mass is 16.6. The Morgan fingerprint density at radius 2 is 0.963 bits per heavy atom. The summed E-state index contributed by atoms with van der Waals surface area (Å²) >= 11 is 0. The number of hydrogen-bond donors (Lipinski definition) is 0. The highest BCUT2D eigenvalue weighted by molar-refractivity contribution is 5.93. The molecule has 3 aromatic rings. The summed E-state index contributed by atoms with van der Waals surface area (Å²) in [6, 6.07) is 19.2. The molecule has 0 fully saturated rings. The molecule has 0 spiro atoms. The zero-order valence-corrected chi connectivity index (χ0v) is 15.5. The number of carbonyl (C=O) groups is 2. The maximum atomic E-state index is 12.4. The largest absolute Gasteiger partial charge is 0.419 e.